The van der Waals surface area contributed by atoms with Crippen molar-refractivity contribution < 1.29 is 42.2 Å². The lowest BCUT2D eigenvalue weighted by molar-refractivity contribution is -0.157. The number of nitrogens with zero attached hydrogens (tertiary/aromatic N) is 2. The number of aliphatic hydroxyl groups excluding tert-OH is 1. The van der Waals surface area contributed by atoms with Crippen LogP contribution in [0, 0.1) is 13.8 Å². The molecule has 1 fully saturated rings. The van der Waals surface area contributed by atoms with Crippen molar-refractivity contribution >= 4 is 39.6 Å². The SMILES string of the molecule is Cc1ccc(CC2(N)CCN3CC(S(=O)(=O)c4ccc(C)cc4)=C(C(=O)N[C@@H](CCCCNC(=O)OC(C)(C)C)C(O)C(=O)NCc4ccc(C(N)=O)cc4)N3C2=O)cc1. The minimum atomic E-state index is -4.38. The second-order valence-corrected chi connectivity index (χ2v) is 18.4. The Morgan fingerprint density at radius 1 is 0.900 bits per heavy atom. The molecule has 3 aromatic carbocycles. The Labute approximate surface area is 350 Å². The van der Waals surface area contributed by atoms with Gasteiger partial charge < -0.3 is 37.3 Å². The van der Waals surface area contributed by atoms with Crippen LogP contribution < -0.4 is 27.4 Å². The number of hydrazine groups is 1. The van der Waals surface area contributed by atoms with Gasteiger partial charge in [-0.3, -0.25) is 19.2 Å². The highest BCUT2D eigenvalue weighted by Gasteiger charge is 2.52. The van der Waals surface area contributed by atoms with Gasteiger partial charge in [-0.25, -0.2) is 23.2 Å². The molecular formula is C43H55N7O9S. The van der Waals surface area contributed by atoms with Gasteiger partial charge in [-0.2, -0.15) is 0 Å². The fourth-order valence-corrected chi connectivity index (χ4v) is 8.49. The summed E-state index contributed by atoms with van der Waals surface area (Å²) in [4.78, 5) is 66.0. The minimum absolute atomic E-state index is 0.00285. The number of fused-ring (bicyclic) bond motifs is 1. The number of aliphatic hydroxyl groups is 1. The van der Waals surface area contributed by atoms with Crippen molar-refractivity contribution in [2.45, 2.75) is 101 Å². The van der Waals surface area contributed by atoms with E-state index in [1.807, 2.05) is 31.2 Å². The molecule has 16 nitrogen and oxygen atoms in total. The third-order valence-electron chi connectivity index (χ3n) is 10.3. The quantitative estimate of drug-likeness (QED) is 0.115. The van der Waals surface area contributed by atoms with E-state index in [4.69, 9.17) is 16.2 Å². The fraction of sp³-hybridized carbons (Fsp3) is 0.419. The average molecular weight is 846 g/mol. The molecule has 2 aliphatic rings. The first-order chi connectivity index (χ1) is 28.2. The molecule has 5 rings (SSSR count). The summed E-state index contributed by atoms with van der Waals surface area (Å²) in [5, 5.41) is 22.0. The van der Waals surface area contributed by atoms with Crippen molar-refractivity contribution in [1.82, 2.24) is 26.0 Å². The van der Waals surface area contributed by atoms with Gasteiger partial charge in [-0.1, -0.05) is 59.7 Å². The van der Waals surface area contributed by atoms with E-state index in [1.165, 1.54) is 29.3 Å². The number of nitrogens with one attached hydrogen (secondary N) is 3. The van der Waals surface area contributed by atoms with E-state index in [1.54, 1.807) is 52.0 Å². The first-order valence-electron chi connectivity index (χ1n) is 19.8. The van der Waals surface area contributed by atoms with Crippen molar-refractivity contribution in [1.29, 1.82) is 0 Å². The molecule has 0 radical (unpaired) electrons. The van der Waals surface area contributed by atoms with Crippen molar-refractivity contribution in [3.05, 3.63) is 111 Å². The summed E-state index contributed by atoms with van der Waals surface area (Å²) in [5.74, 6) is -3.17. The minimum Gasteiger partial charge on any atom is -0.444 e. The Morgan fingerprint density at radius 2 is 1.50 bits per heavy atom. The van der Waals surface area contributed by atoms with Crippen LogP contribution in [0.15, 0.2) is 88.3 Å². The molecule has 3 aromatic rings. The van der Waals surface area contributed by atoms with Gasteiger partial charge in [0.15, 0.2) is 6.10 Å². The third kappa shape index (κ3) is 11.1. The Morgan fingerprint density at radius 3 is 2.10 bits per heavy atom. The maximum atomic E-state index is 14.7. The molecule has 2 aliphatic heterocycles. The topological polar surface area (TPSA) is 244 Å². The number of unbranched alkanes of at least 4 members (excludes halogenated alkanes) is 1. The molecule has 2 heterocycles. The number of amides is 5. The number of hydrogen-bond acceptors (Lipinski definition) is 11. The van der Waals surface area contributed by atoms with Crippen molar-refractivity contribution in [2.75, 3.05) is 19.6 Å². The van der Waals surface area contributed by atoms with E-state index in [2.05, 4.69) is 16.0 Å². The Balaban J connectivity index is 1.45. The maximum absolute atomic E-state index is 14.7. The van der Waals surface area contributed by atoms with Gasteiger partial charge in [0.25, 0.3) is 17.7 Å². The molecule has 322 valence electrons. The normalized spacial score (nSPS) is 18.1. The Kier molecular flexibility index (Phi) is 14.2. The number of alkyl carbamates (subject to hydrolysis) is 1. The smallest absolute Gasteiger partial charge is 0.407 e. The summed E-state index contributed by atoms with van der Waals surface area (Å²) in [5.41, 5.74) is 13.0. The molecule has 0 spiro atoms. The summed E-state index contributed by atoms with van der Waals surface area (Å²) in [6.45, 7) is 8.91. The second-order valence-electron chi connectivity index (χ2n) is 16.4. The van der Waals surface area contributed by atoms with E-state index in [9.17, 15) is 37.5 Å². The molecule has 60 heavy (non-hydrogen) atoms. The van der Waals surface area contributed by atoms with Gasteiger partial charge >= 0.3 is 6.09 Å². The van der Waals surface area contributed by atoms with E-state index < -0.39 is 68.5 Å². The number of benzene rings is 3. The average Bonchev–Trinajstić information content (AvgIpc) is 3.59. The molecular weight excluding hydrogens is 791 g/mol. The molecule has 0 aromatic heterocycles. The van der Waals surface area contributed by atoms with E-state index >= 15 is 0 Å². The summed E-state index contributed by atoms with van der Waals surface area (Å²) in [6, 6.07) is 18.5. The van der Waals surface area contributed by atoms with Gasteiger partial charge in [-0.15, -0.1) is 0 Å². The Bertz CT molecular complexity index is 2220. The highest BCUT2D eigenvalue weighted by Crippen LogP contribution is 2.37. The number of sulfone groups is 1. The highest BCUT2D eigenvalue weighted by molar-refractivity contribution is 7.95. The van der Waals surface area contributed by atoms with Crippen LogP contribution in [0.4, 0.5) is 4.79 Å². The van der Waals surface area contributed by atoms with E-state index in [0.717, 1.165) is 21.7 Å². The molecule has 17 heteroatoms. The maximum Gasteiger partial charge on any atom is 0.407 e. The van der Waals surface area contributed by atoms with Crippen LogP contribution in [0.25, 0.3) is 0 Å². The highest BCUT2D eigenvalue weighted by atomic mass is 32.2. The van der Waals surface area contributed by atoms with Crippen molar-refractivity contribution in [3.8, 4) is 0 Å². The number of carbonyl (C=O) groups excluding carboxylic acids is 5. The molecule has 5 amide bonds. The molecule has 2 unspecified atom stereocenters. The van der Waals surface area contributed by atoms with Crippen LogP contribution in [0.1, 0.15) is 79.1 Å². The number of rotatable bonds is 16. The largest absolute Gasteiger partial charge is 0.444 e. The summed E-state index contributed by atoms with van der Waals surface area (Å²) >= 11 is 0. The van der Waals surface area contributed by atoms with Crippen LogP contribution in [-0.4, -0.2) is 96.2 Å². The molecule has 1 saturated heterocycles. The van der Waals surface area contributed by atoms with Crippen LogP contribution >= 0.6 is 0 Å². The third-order valence-corrected chi connectivity index (χ3v) is 12.2. The lowest BCUT2D eigenvalue weighted by Gasteiger charge is -2.43. The molecule has 8 N–H and O–H groups in total. The second kappa shape index (κ2) is 18.8. The van der Waals surface area contributed by atoms with Gasteiger partial charge in [0.2, 0.25) is 15.7 Å². The number of aryl methyl sites for hydroxylation is 2. The molecule has 0 saturated carbocycles. The zero-order valence-electron chi connectivity index (χ0n) is 34.6. The number of nitrogens with two attached hydrogens (primary N) is 2. The van der Waals surface area contributed by atoms with E-state index in [-0.39, 0.29) is 67.2 Å². The standard InChI is InChI=1S/C43H55N7O9S/c1-27-9-13-29(14-10-27)24-43(45)21-23-49-26-34(60(57,58)32-19-11-28(2)12-20-32)35(50(49)40(43)55)38(53)48-33(8-6-7-22-46-41(56)59-42(3,4)5)36(51)39(54)47-25-30-15-17-31(18-16-30)37(44)52/h9-20,33,36,51H,6-8,21-26,45H2,1-5H3,(H2,44,52)(H,46,56)(H,47,54)(H,48,53)/t33-,36?,43?/m0/s1. The predicted octanol–water partition coefficient (Wildman–Crippen LogP) is 2.65. The summed E-state index contributed by atoms with van der Waals surface area (Å²) in [6.07, 6.45) is -1.54. The fourth-order valence-electron chi connectivity index (χ4n) is 6.96. The summed E-state index contributed by atoms with van der Waals surface area (Å²) < 4.78 is 34.0. The van der Waals surface area contributed by atoms with E-state index in [0.29, 0.717) is 12.0 Å². The number of hydrogen-bond donors (Lipinski definition) is 6. The molecule has 0 bridgehead atoms. The van der Waals surface area contributed by atoms with Gasteiger partial charge in [0, 0.05) is 25.2 Å². The van der Waals surface area contributed by atoms with Crippen LogP contribution in [0.3, 0.4) is 0 Å². The van der Waals surface area contributed by atoms with Crippen LogP contribution in [0.2, 0.25) is 0 Å². The first kappa shape index (κ1) is 45.5. The molecule has 3 atom stereocenters. The number of carbonyl (C=O) groups is 5. The van der Waals surface area contributed by atoms with Crippen LogP contribution in [0.5, 0.6) is 0 Å². The summed E-state index contributed by atoms with van der Waals surface area (Å²) in [7, 11) is -4.38. The van der Waals surface area contributed by atoms with Gasteiger partial charge in [0.1, 0.15) is 16.8 Å². The first-order valence-corrected chi connectivity index (χ1v) is 21.3. The number of ether oxygens (including phenoxy) is 1. The zero-order valence-corrected chi connectivity index (χ0v) is 35.4. The monoisotopic (exact) mass is 845 g/mol. The van der Waals surface area contributed by atoms with Crippen molar-refractivity contribution in [2.24, 2.45) is 11.5 Å². The predicted molar refractivity (Wildman–Crippen MR) is 223 cm³/mol. The lowest BCUT2D eigenvalue weighted by atomic mass is 9.85. The van der Waals surface area contributed by atoms with Crippen LogP contribution in [-0.2, 0) is 41.9 Å². The zero-order chi connectivity index (χ0) is 44.0. The van der Waals surface area contributed by atoms with Gasteiger partial charge in [-0.05, 0) is 102 Å². The lowest BCUT2D eigenvalue weighted by Crippen LogP contribution is -2.65. The Hall–Kier alpha value is -5.62. The molecule has 0 aliphatic carbocycles. The van der Waals surface area contributed by atoms with Gasteiger partial charge in [0.05, 0.1) is 22.4 Å². The van der Waals surface area contributed by atoms with Crippen molar-refractivity contribution in [3.63, 3.8) is 0 Å². The number of primary amides is 1.